The van der Waals surface area contributed by atoms with Crippen LogP contribution in [0.4, 0.5) is 13.2 Å². The lowest BCUT2D eigenvalue weighted by Gasteiger charge is -2.13. The standard InChI is InChI=1S/C28H25F3N2O3/c1-2-8-24-25(28(29,30)31)33(18-19-9-4-3-5-10-19)27(36)32(24)17-20-13-15-21(16-14-20)22-11-6-7-12-23(22)26(34)35/h3-7,9-16H,2,8,17-18H2,1H3,(H,34,35). The van der Waals surface area contributed by atoms with E-state index in [9.17, 15) is 27.9 Å². The van der Waals surface area contributed by atoms with Gasteiger partial charge in [-0.2, -0.15) is 13.2 Å². The van der Waals surface area contributed by atoms with Crippen molar-refractivity contribution in [2.75, 3.05) is 0 Å². The van der Waals surface area contributed by atoms with Gasteiger partial charge in [-0.3, -0.25) is 9.13 Å². The number of rotatable bonds is 8. The molecule has 36 heavy (non-hydrogen) atoms. The van der Waals surface area contributed by atoms with E-state index in [-0.39, 0.29) is 30.8 Å². The van der Waals surface area contributed by atoms with Crippen LogP contribution in [0.1, 0.15) is 46.2 Å². The van der Waals surface area contributed by atoms with Gasteiger partial charge < -0.3 is 5.11 Å². The van der Waals surface area contributed by atoms with Gasteiger partial charge in [0.25, 0.3) is 0 Å². The molecule has 186 valence electrons. The molecular weight excluding hydrogens is 469 g/mol. The maximum Gasteiger partial charge on any atom is 0.433 e. The van der Waals surface area contributed by atoms with Crippen molar-refractivity contribution in [1.82, 2.24) is 9.13 Å². The Balaban J connectivity index is 1.75. The molecule has 0 aliphatic heterocycles. The lowest BCUT2D eigenvalue weighted by atomic mass is 9.99. The number of carboxylic acid groups (broad SMARTS) is 1. The van der Waals surface area contributed by atoms with Crippen molar-refractivity contribution >= 4 is 5.97 Å². The Labute approximate surface area is 206 Å². The van der Waals surface area contributed by atoms with E-state index in [4.69, 9.17) is 0 Å². The van der Waals surface area contributed by atoms with Crippen LogP contribution >= 0.6 is 0 Å². The highest BCUT2D eigenvalue weighted by Crippen LogP contribution is 2.33. The zero-order chi connectivity index (χ0) is 25.9. The van der Waals surface area contributed by atoms with E-state index in [1.807, 2.05) is 0 Å². The van der Waals surface area contributed by atoms with Gasteiger partial charge in [-0.25, -0.2) is 9.59 Å². The van der Waals surface area contributed by atoms with Gasteiger partial charge in [0.05, 0.1) is 24.3 Å². The molecule has 4 rings (SSSR count). The zero-order valence-electron chi connectivity index (χ0n) is 19.6. The molecule has 0 aliphatic carbocycles. The smallest absolute Gasteiger partial charge is 0.433 e. The molecular formula is C28H25F3N2O3. The van der Waals surface area contributed by atoms with Crippen LogP contribution in [0.2, 0.25) is 0 Å². The first-order valence-corrected chi connectivity index (χ1v) is 11.6. The SMILES string of the molecule is CCCc1c(C(F)(F)F)n(Cc2ccccc2)c(=O)n1Cc1ccc(-c2ccccc2C(=O)O)cc1. The summed E-state index contributed by atoms with van der Waals surface area (Å²) >= 11 is 0. The van der Waals surface area contributed by atoms with Crippen molar-refractivity contribution in [2.24, 2.45) is 0 Å². The number of halogens is 3. The predicted octanol–water partition coefficient (Wildman–Crippen LogP) is 6.08. The van der Waals surface area contributed by atoms with Gasteiger partial charge in [0, 0.05) is 0 Å². The average molecular weight is 495 g/mol. The van der Waals surface area contributed by atoms with Crippen LogP contribution < -0.4 is 5.69 Å². The largest absolute Gasteiger partial charge is 0.478 e. The first-order valence-electron chi connectivity index (χ1n) is 11.6. The number of imidazole rings is 1. The van der Waals surface area contributed by atoms with Gasteiger partial charge >= 0.3 is 17.8 Å². The lowest BCUT2D eigenvalue weighted by Crippen LogP contribution is -2.27. The second-order valence-electron chi connectivity index (χ2n) is 8.53. The molecule has 1 heterocycles. The Hall–Kier alpha value is -4.07. The van der Waals surface area contributed by atoms with Crippen LogP contribution in [0.25, 0.3) is 11.1 Å². The molecule has 0 aliphatic rings. The lowest BCUT2D eigenvalue weighted by molar-refractivity contribution is -0.144. The highest BCUT2D eigenvalue weighted by Gasteiger charge is 2.40. The fourth-order valence-electron chi connectivity index (χ4n) is 4.42. The molecule has 0 unspecified atom stereocenters. The van der Waals surface area contributed by atoms with E-state index < -0.39 is 23.5 Å². The molecule has 0 saturated heterocycles. The van der Waals surface area contributed by atoms with Crippen LogP contribution in [0.5, 0.6) is 0 Å². The molecule has 0 saturated carbocycles. The third kappa shape index (κ3) is 5.12. The first-order chi connectivity index (χ1) is 17.2. The maximum absolute atomic E-state index is 14.2. The van der Waals surface area contributed by atoms with Crippen LogP contribution in [0.3, 0.4) is 0 Å². The summed E-state index contributed by atoms with van der Waals surface area (Å²) in [6.07, 6.45) is -4.13. The van der Waals surface area contributed by atoms with Crippen LogP contribution in [-0.4, -0.2) is 20.2 Å². The summed E-state index contributed by atoms with van der Waals surface area (Å²) in [6, 6.07) is 22.0. The third-order valence-corrected chi connectivity index (χ3v) is 6.03. The number of hydrogen-bond donors (Lipinski definition) is 1. The van der Waals surface area contributed by atoms with Crippen molar-refractivity contribution < 1.29 is 23.1 Å². The van der Waals surface area contributed by atoms with Crippen molar-refractivity contribution in [1.29, 1.82) is 0 Å². The Bertz CT molecular complexity index is 1420. The Morgan fingerprint density at radius 1 is 0.833 bits per heavy atom. The van der Waals surface area contributed by atoms with E-state index in [2.05, 4.69) is 0 Å². The van der Waals surface area contributed by atoms with E-state index in [1.165, 1.54) is 10.6 Å². The summed E-state index contributed by atoms with van der Waals surface area (Å²) in [7, 11) is 0. The van der Waals surface area contributed by atoms with Gasteiger partial charge in [-0.15, -0.1) is 0 Å². The number of alkyl halides is 3. The van der Waals surface area contributed by atoms with Crippen LogP contribution in [0.15, 0.2) is 83.7 Å². The number of aromatic carboxylic acids is 1. The molecule has 0 radical (unpaired) electrons. The number of benzene rings is 3. The Morgan fingerprint density at radius 2 is 1.42 bits per heavy atom. The van der Waals surface area contributed by atoms with Gasteiger partial charge in [0.15, 0.2) is 0 Å². The summed E-state index contributed by atoms with van der Waals surface area (Å²) in [5.41, 5.74) is 0.929. The van der Waals surface area contributed by atoms with Crippen molar-refractivity contribution in [2.45, 2.75) is 39.0 Å². The molecule has 3 aromatic carbocycles. The molecule has 0 fully saturated rings. The zero-order valence-corrected chi connectivity index (χ0v) is 19.6. The summed E-state index contributed by atoms with van der Waals surface area (Å²) < 4.78 is 44.6. The Kier molecular flexibility index (Phi) is 7.15. The van der Waals surface area contributed by atoms with Crippen molar-refractivity contribution in [3.63, 3.8) is 0 Å². The molecule has 4 aromatic rings. The topological polar surface area (TPSA) is 64.2 Å². The number of hydrogen-bond acceptors (Lipinski definition) is 2. The summed E-state index contributed by atoms with van der Waals surface area (Å²) in [6.45, 7) is 1.57. The minimum atomic E-state index is -4.69. The summed E-state index contributed by atoms with van der Waals surface area (Å²) in [4.78, 5) is 24.9. The fourth-order valence-corrected chi connectivity index (χ4v) is 4.42. The van der Waals surface area contributed by atoms with E-state index in [0.717, 1.165) is 4.57 Å². The molecule has 1 N–H and O–H groups in total. The fraction of sp³-hybridized carbons (Fsp3) is 0.214. The normalized spacial score (nSPS) is 11.6. The highest BCUT2D eigenvalue weighted by molar-refractivity contribution is 5.95. The summed E-state index contributed by atoms with van der Waals surface area (Å²) in [5, 5.41) is 9.46. The number of nitrogens with zero attached hydrogens (tertiary/aromatic N) is 2. The van der Waals surface area contributed by atoms with Crippen molar-refractivity contribution in [3.8, 4) is 11.1 Å². The summed E-state index contributed by atoms with van der Waals surface area (Å²) in [5.74, 6) is -1.05. The second kappa shape index (κ2) is 10.3. The maximum atomic E-state index is 14.2. The monoisotopic (exact) mass is 494 g/mol. The molecule has 5 nitrogen and oxygen atoms in total. The van der Waals surface area contributed by atoms with Gasteiger partial charge in [-0.05, 0) is 34.7 Å². The third-order valence-electron chi connectivity index (χ3n) is 6.03. The van der Waals surface area contributed by atoms with Gasteiger partial charge in [0.1, 0.15) is 5.69 Å². The Morgan fingerprint density at radius 3 is 2.03 bits per heavy atom. The molecule has 0 atom stereocenters. The second-order valence-corrected chi connectivity index (χ2v) is 8.53. The van der Waals surface area contributed by atoms with Crippen molar-refractivity contribution in [3.05, 3.63) is 117 Å². The molecule has 1 aromatic heterocycles. The van der Waals surface area contributed by atoms with E-state index in [0.29, 0.717) is 28.7 Å². The van der Waals surface area contributed by atoms with Crippen LogP contribution in [0, 0.1) is 0 Å². The minimum Gasteiger partial charge on any atom is -0.478 e. The van der Waals surface area contributed by atoms with E-state index >= 15 is 0 Å². The number of carbonyl (C=O) groups is 1. The molecule has 0 bridgehead atoms. The predicted molar refractivity (Wildman–Crippen MR) is 131 cm³/mol. The van der Waals surface area contributed by atoms with Crippen LogP contribution in [-0.2, 0) is 25.7 Å². The minimum absolute atomic E-state index is 0.0279. The van der Waals surface area contributed by atoms with E-state index in [1.54, 1.807) is 79.7 Å². The quantitative estimate of drug-likeness (QED) is 0.323. The molecule has 8 heteroatoms. The molecule has 0 amide bonds. The van der Waals surface area contributed by atoms with Gasteiger partial charge in [0.2, 0.25) is 0 Å². The average Bonchev–Trinajstić information content (AvgIpc) is 3.11. The van der Waals surface area contributed by atoms with Gasteiger partial charge in [-0.1, -0.05) is 86.1 Å². The number of carboxylic acids is 1. The number of aromatic nitrogens is 2. The highest BCUT2D eigenvalue weighted by atomic mass is 19.4. The first kappa shape index (κ1) is 25.0. The molecule has 0 spiro atoms.